The highest BCUT2D eigenvalue weighted by molar-refractivity contribution is 14.0. The first-order chi connectivity index (χ1) is 12.8. The lowest BCUT2D eigenvalue weighted by Crippen LogP contribution is -2.54. The molecule has 162 valence electrons. The van der Waals surface area contributed by atoms with Crippen LogP contribution in [0.1, 0.15) is 19.4 Å². The van der Waals surface area contributed by atoms with Gasteiger partial charge in [0, 0.05) is 53.0 Å². The zero-order chi connectivity index (χ0) is 19.9. The third-order valence-electron chi connectivity index (χ3n) is 4.39. The number of sulfonamides is 1. The van der Waals surface area contributed by atoms with Gasteiger partial charge in [-0.1, -0.05) is 0 Å². The predicted octanol–water partition coefficient (Wildman–Crippen LogP) is 0.528. The number of ether oxygens (including phenoxy) is 1. The van der Waals surface area contributed by atoms with E-state index in [-0.39, 0.29) is 42.4 Å². The number of aryl methyl sites for hydroxylation is 1. The molecule has 1 aromatic heterocycles. The first kappa shape index (κ1) is 25.1. The molecule has 0 saturated carbocycles. The third kappa shape index (κ3) is 7.84. The zero-order valence-corrected chi connectivity index (χ0v) is 20.3. The number of halogens is 1. The lowest BCUT2D eigenvalue weighted by molar-refractivity contribution is 0.0904. The smallest absolute Gasteiger partial charge is 0.216 e. The van der Waals surface area contributed by atoms with Gasteiger partial charge in [-0.25, -0.2) is 8.42 Å². The quantitative estimate of drug-likeness (QED) is 0.301. The molecule has 0 amide bonds. The minimum atomic E-state index is -3.27. The van der Waals surface area contributed by atoms with Crippen LogP contribution in [0, 0.1) is 0 Å². The minimum Gasteiger partial charge on any atom is -0.378 e. The number of nitrogens with zero attached hydrogens (tertiary/aromatic N) is 5. The fourth-order valence-corrected chi connectivity index (χ4v) is 4.23. The Morgan fingerprint density at radius 3 is 2.54 bits per heavy atom. The molecule has 1 saturated heterocycles. The van der Waals surface area contributed by atoms with Crippen molar-refractivity contribution < 1.29 is 13.2 Å². The number of piperazine rings is 1. The lowest BCUT2D eigenvalue weighted by atomic mass is 10.2. The van der Waals surface area contributed by atoms with Gasteiger partial charge in [-0.3, -0.25) is 9.67 Å². The average Bonchev–Trinajstić information content (AvgIpc) is 3.03. The van der Waals surface area contributed by atoms with Crippen LogP contribution >= 0.6 is 24.0 Å². The molecule has 0 spiro atoms. The third-order valence-corrected chi connectivity index (χ3v) is 6.23. The van der Waals surface area contributed by atoms with Crippen molar-refractivity contribution in [2.75, 3.05) is 52.1 Å². The summed E-state index contributed by atoms with van der Waals surface area (Å²) in [5, 5.41) is 7.51. The highest BCUT2D eigenvalue weighted by Gasteiger charge is 2.27. The summed E-state index contributed by atoms with van der Waals surface area (Å²) >= 11 is 0. The SMILES string of the molecule is CN=C(NCCc1cnn(C)c1)N1CCN(S(=O)(=O)CCOC(C)C)CC1.I. The van der Waals surface area contributed by atoms with Crippen LogP contribution < -0.4 is 5.32 Å². The average molecular weight is 528 g/mol. The van der Waals surface area contributed by atoms with Crippen LogP contribution in [0.5, 0.6) is 0 Å². The Kier molecular flexibility index (Phi) is 10.7. The van der Waals surface area contributed by atoms with Gasteiger partial charge in [-0.2, -0.15) is 9.40 Å². The Morgan fingerprint density at radius 2 is 2.00 bits per heavy atom. The Hall–Kier alpha value is -0.920. The molecule has 0 aromatic carbocycles. The standard InChI is InChI=1S/C17H32N6O3S.HI/c1-15(2)26-11-12-27(24,25)23-9-7-22(8-10-23)17(18-3)19-6-5-16-13-20-21(4)14-16;/h13-15H,5-12H2,1-4H3,(H,18,19);1H. The second kappa shape index (κ2) is 11.9. The van der Waals surface area contributed by atoms with Gasteiger partial charge in [0.15, 0.2) is 5.96 Å². The van der Waals surface area contributed by atoms with Crippen LogP contribution in [0.2, 0.25) is 0 Å². The number of rotatable bonds is 8. The van der Waals surface area contributed by atoms with Gasteiger partial charge >= 0.3 is 0 Å². The van der Waals surface area contributed by atoms with E-state index < -0.39 is 10.0 Å². The lowest BCUT2D eigenvalue weighted by Gasteiger charge is -2.35. The molecule has 11 heteroatoms. The molecule has 28 heavy (non-hydrogen) atoms. The molecule has 0 bridgehead atoms. The maximum atomic E-state index is 12.4. The first-order valence-corrected chi connectivity index (χ1v) is 11.0. The molecule has 0 atom stereocenters. The number of nitrogens with one attached hydrogen (secondary N) is 1. The van der Waals surface area contributed by atoms with Crippen molar-refractivity contribution in [3.63, 3.8) is 0 Å². The fraction of sp³-hybridized carbons (Fsp3) is 0.765. The molecule has 1 aliphatic heterocycles. The van der Waals surface area contributed by atoms with Crippen molar-refractivity contribution in [3.8, 4) is 0 Å². The van der Waals surface area contributed by atoms with Crippen molar-refractivity contribution in [2.24, 2.45) is 12.0 Å². The van der Waals surface area contributed by atoms with Crippen LogP contribution in [-0.2, 0) is 28.2 Å². The van der Waals surface area contributed by atoms with Gasteiger partial charge in [0.2, 0.25) is 10.0 Å². The summed E-state index contributed by atoms with van der Waals surface area (Å²) in [6, 6.07) is 0. The zero-order valence-electron chi connectivity index (χ0n) is 17.2. The van der Waals surface area contributed by atoms with Gasteiger partial charge in [-0.15, -0.1) is 24.0 Å². The highest BCUT2D eigenvalue weighted by Crippen LogP contribution is 2.09. The predicted molar refractivity (Wildman–Crippen MR) is 122 cm³/mol. The van der Waals surface area contributed by atoms with Gasteiger partial charge < -0.3 is 15.0 Å². The number of guanidine groups is 1. The van der Waals surface area contributed by atoms with Crippen molar-refractivity contribution in [2.45, 2.75) is 26.4 Å². The van der Waals surface area contributed by atoms with E-state index in [9.17, 15) is 8.42 Å². The second-order valence-corrected chi connectivity index (χ2v) is 8.96. The molecule has 1 aromatic rings. The number of hydrogen-bond acceptors (Lipinski definition) is 5. The Labute approximate surface area is 185 Å². The molecule has 0 aliphatic carbocycles. The Morgan fingerprint density at radius 1 is 1.32 bits per heavy atom. The van der Waals surface area contributed by atoms with E-state index in [4.69, 9.17) is 4.74 Å². The summed E-state index contributed by atoms with van der Waals surface area (Å²) < 4.78 is 33.6. The van der Waals surface area contributed by atoms with E-state index in [1.807, 2.05) is 33.3 Å². The van der Waals surface area contributed by atoms with E-state index in [2.05, 4.69) is 20.3 Å². The van der Waals surface area contributed by atoms with Crippen LogP contribution in [0.4, 0.5) is 0 Å². The fourth-order valence-electron chi connectivity index (χ4n) is 2.95. The number of aromatic nitrogens is 2. The summed E-state index contributed by atoms with van der Waals surface area (Å²) in [4.78, 5) is 6.42. The normalized spacial score (nSPS) is 16.3. The highest BCUT2D eigenvalue weighted by atomic mass is 127. The van der Waals surface area contributed by atoms with Gasteiger partial charge in [0.05, 0.1) is 24.7 Å². The first-order valence-electron chi connectivity index (χ1n) is 9.34. The van der Waals surface area contributed by atoms with E-state index >= 15 is 0 Å². The van der Waals surface area contributed by atoms with E-state index in [0.717, 1.165) is 18.9 Å². The summed E-state index contributed by atoms with van der Waals surface area (Å²) in [5.41, 5.74) is 1.17. The number of aliphatic imine (C=N–C) groups is 1. The molecule has 2 rings (SSSR count). The topological polar surface area (TPSA) is 92.1 Å². The van der Waals surface area contributed by atoms with Crippen LogP contribution in [-0.4, -0.2) is 91.6 Å². The minimum absolute atomic E-state index is 0. The van der Waals surface area contributed by atoms with Gasteiger partial charge in [0.1, 0.15) is 0 Å². The largest absolute Gasteiger partial charge is 0.378 e. The molecule has 0 unspecified atom stereocenters. The summed E-state index contributed by atoms with van der Waals surface area (Å²) in [6.07, 6.45) is 4.75. The van der Waals surface area contributed by atoms with Gasteiger partial charge in [-0.05, 0) is 25.8 Å². The molecule has 0 radical (unpaired) electrons. The maximum absolute atomic E-state index is 12.4. The molecular weight excluding hydrogens is 495 g/mol. The van der Waals surface area contributed by atoms with Crippen molar-refractivity contribution in [3.05, 3.63) is 18.0 Å². The van der Waals surface area contributed by atoms with Gasteiger partial charge in [0.25, 0.3) is 0 Å². The summed E-state index contributed by atoms with van der Waals surface area (Å²) in [6.45, 7) is 6.96. The second-order valence-electron chi connectivity index (χ2n) is 6.87. The van der Waals surface area contributed by atoms with E-state index in [1.165, 1.54) is 5.56 Å². The van der Waals surface area contributed by atoms with E-state index in [1.54, 1.807) is 16.0 Å². The molecular formula is C17H33IN6O3S. The molecule has 9 nitrogen and oxygen atoms in total. The molecule has 1 N–H and O–H groups in total. The molecule has 1 fully saturated rings. The van der Waals surface area contributed by atoms with Crippen molar-refractivity contribution in [1.29, 1.82) is 0 Å². The van der Waals surface area contributed by atoms with E-state index in [0.29, 0.717) is 26.2 Å². The van der Waals surface area contributed by atoms with Crippen LogP contribution in [0.15, 0.2) is 17.4 Å². The Balaban J connectivity index is 0.00000392. The van der Waals surface area contributed by atoms with Crippen LogP contribution in [0.3, 0.4) is 0 Å². The summed E-state index contributed by atoms with van der Waals surface area (Å²) in [5.74, 6) is 0.836. The molecule has 2 heterocycles. The van der Waals surface area contributed by atoms with Crippen molar-refractivity contribution in [1.82, 2.24) is 24.3 Å². The Bertz CT molecular complexity index is 714. The summed E-state index contributed by atoms with van der Waals surface area (Å²) in [7, 11) is 0.377. The maximum Gasteiger partial charge on any atom is 0.216 e. The van der Waals surface area contributed by atoms with Crippen molar-refractivity contribution >= 4 is 40.0 Å². The monoisotopic (exact) mass is 528 g/mol. The van der Waals surface area contributed by atoms with Crippen LogP contribution in [0.25, 0.3) is 0 Å². The number of hydrogen-bond donors (Lipinski definition) is 1. The molecule has 1 aliphatic rings.